The lowest BCUT2D eigenvalue weighted by molar-refractivity contribution is -0.148. The summed E-state index contributed by atoms with van der Waals surface area (Å²) in [6.45, 7) is 1.68. The van der Waals surface area contributed by atoms with Gasteiger partial charge in [0.1, 0.15) is 6.04 Å². The smallest absolute Gasteiger partial charge is 0.243 e. The summed E-state index contributed by atoms with van der Waals surface area (Å²) in [5.41, 5.74) is 0. The molecule has 5 heteroatoms. The number of likely N-dealkylation sites (tertiary alicyclic amines) is 1. The second-order valence-electron chi connectivity index (χ2n) is 7.57. The third-order valence-electron chi connectivity index (χ3n) is 6.22. The monoisotopic (exact) mass is 316 g/mol. The molecule has 1 N–H and O–H groups in total. The first kappa shape index (κ1) is 14.9. The van der Waals surface area contributed by atoms with Crippen LogP contribution in [0.5, 0.6) is 0 Å². The van der Waals surface area contributed by atoms with Crippen LogP contribution >= 0.6 is 0 Å². The fraction of sp³-hybridized carbons (Fsp3) is 0.722. The Morgan fingerprint density at radius 3 is 2.22 bits per heavy atom. The van der Waals surface area contributed by atoms with E-state index in [4.69, 9.17) is 0 Å². The van der Waals surface area contributed by atoms with Crippen LogP contribution in [0.2, 0.25) is 0 Å². The maximum Gasteiger partial charge on any atom is 0.243 e. The number of allylic oxidation sites excluding steroid dienone is 2. The first-order valence-electron chi connectivity index (χ1n) is 8.93. The van der Waals surface area contributed by atoms with Gasteiger partial charge in [0.15, 0.2) is 0 Å². The Labute approximate surface area is 136 Å². The van der Waals surface area contributed by atoms with Crippen molar-refractivity contribution >= 4 is 17.7 Å². The summed E-state index contributed by atoms with van der Waals surface area (Å²) in [5.74, 6) is -0.504. The normalized spacial score (nSPS) is 37.3. The van der Waals surface area contributed by atoms with Gasteiger partial charge in [0, 0.05) is 6.04 Å². The first-order valence-corrected chi connectivity index (χ1v) is 8.93. The third-order valence-corrected chi connectivity index (χ3v) is 6.22. The minimum Gasteiger partial charge on any atom is -0.352 e. The van der Waals surface area contributed by atoms with Crippen molar-refractivity contribution in [3.8, 4) is 0 Å². The molecule has 0 spiro atoms. The minimum absolute atomic E-state index is 0.136. The van der Waals surface area contributed by atoms with Crippen LogP contribution in [-0.4, -0.2) is 34.7 Å². The van der Waals surface area contributed by atoms with Crippen molar-refractivity contribution in [3.63, 3.8) is 0 Å². The molecule has 1 saturated heterocycles. The van der Waals surface area contributed by atoms with Crippen LogP contribution in [0.4, 0.5) is 0 Å². The van der Waals surface area contributed by atoms with Gasteiger partial charge in [-0.3, -0.25) is 19.3 Å². The molecule has 2 bridgehead atoms. The topological polar surface area (TPSA) is 66.5 Å². The molecule has 124 valence electrons. The zero-order chi connectivity index (χ0) is 16.1. The van der Waals surface area contributed by atoms with Crippen molar-refractivity contribution in [2.45, 2.75) is 57.5 Å². The Morgan fingerprint density at radius 1 is 1.09 bits per heavy atom. The van der Waals surface area contributed by atoms with E-state index in [1.165, 1.54) is 11.3 Å². The van der Waals surface area contributed by atoms with E-state index in [1.807, 2.05) is 0 Å². The van der Waals surface area contributed by atoms with Gasteiger partial charge >= 0.3 is 0 Å². The lowest BCUT2D eigenvalue weighted by atomic mass is 9.85. The molecule has 5 nitrogen and oxygen atoms in total. The lowest BCUT2D eigenvalue weighted by Crippen LogP contribution is -2.51. The molecule has 0 aromatic rings. The summed E-state index contributed by atoms with van der Waals surface area (Å²) in [6, 6.07) is -0.495. The molecule has 5 atom stereocenters. The molecule has 2 saturated carbocycles. The van der Waals surface area contributed by atoms with Gasteiger partial charge in [-0.25, -0.2) is 0 Å². The van der Waals surface area contributed by atoms with Crippen molar-refractivity contribution in [1.29, 1.82) is 0 Å². The lowest BCUT2D eigenvalue weighted by Gasteiger charge is -2.28. The molecule has 1 aliphatic heterocycles. The molecule has 3 amide bonds. The standard InChI is InChI=1S/C18H24N2O3/c1-10(16(21)19-13-5-3-2-4-6-13)20-17(22)14-11-7-8-12(9-11)15(14)18(20)23/h7-8,10-15H,2-6,9H2,1H3,(H,19,21)/t10-,11-,12-,14-,15-/m0/s1. The Kier molecular flexibility index (Phi) is 3.54. The highest BCUT2D eigenvalue weighted by Gasteiger charge is 2.60. The van der Waals surface area contributed by atoms with Gasteiger partial charge < -0.3 is 5.32 Å². The predicted molar refractivity (Wildman–Crippen MR) is 84.0 cm³/mol. The second kappa shape index (κ2) is 5.46. The average Bonchev–Trinajstić information content (AvgIpc) is 3.22. The van der Waals surface area contributed by atoms with Crippen molar-refractivity contribution in [2.75, 3.05) is 0 Å². The summed E-state index contributed by atoms with van der Waals surface area (Å²) in [7, 11) is 0. The average molecular weight is 316 g/mol. The first-order chi connectivity index (χ1) is 11.1. The SMILES string of the molecule is C[C@@H](C(=O)NC1CCCCC1)N1C(=O)[C@@H]2[C@@H](C1=O)[C@H]1C=C[C@H]2C1. The number of imide groups is 1. The maximum absolute atomic E-state index is 12.7. The number of nitrogens with zero attached hydrogens (tertiary/aromatic N) is 1. The molecule has 0 unspecified atom stereocenters. The van der Waals surface area contributed by atoms with Crippen LogP contribution in [0.15, 0.2) is 12.2 Å². The van der Waals surface area contributed by atoms with E-state index < -0.39 is 6.04 Å². The van der Waals surface area contributed by atoms with E-state index in [0.29, 0.717) is 0 Å². The molecular formula is C18H24N2O3. The van der Waals surface area contributed by atoms with Gasteiger partial charge in [-0.15, -0.1) is 0 Å². The zero-order valence-electron chi connectivity index (χ0n) is 13.5. The Hall–Kier alpha value is -1.65. The number of amides is 3. The van der Waals surface area contributed by atoms with Crippen molar-refractivity contribution in [2.24, 2.45) is 23.7 Å². The highest BCUT2D eigenvalue weighted by atomic mass is 16.2. The van der Waals surface area contributed by atoms with Gasteiger partial charge in [0.05, 0.1) is 11.8 Å². The summed E-state index contributed by atoms with van der Waals surface area (Å²) in [4.78, 5) is 39.2. The molecule has 3 aliphatic carbocycles. The number of carbonyl (C=O) groups is 3. The summed E-state index contributed by atoms with van der Waals surface area (Å²) < 4.78 is 0. The van der Waals surface area contributed by atoms with Gasteiger partial charge in [-0.1, -0.05) is 31.4 Å². The number of hydrogen-bond acceptors (Lipinski definition) is 3. The highest BCUT2D eigenvalue weighted by Crippen LogP contribution is 2.52. The van der Waals surface area contributed by atoms with Crippen LogP contribution in [-0.2, 0) is 14.4 Å². The third kappa shape index (κ3) is 2.24. The van der Waals surface area contributed by atoms with Crippen molar-refractivity contribution in [3.05, 3.63) is 12.2 Å². The molecule has 0 aromatic carbocycles. The van der Waals surface area contributed by atoms with Crippen molar-refractivity contribution < 1.29 is 14.4 Å². The fourth-order valence-corrected chi connectivity index (χ4v) is 4.99. The van der Waals surface area contributed by atoms with Crippen LogP contribution < -0.4 is 5.32 Å². The van der Waals surface area contributed by atoms with Crippen LogP contribution in [0.25, 0.3) is 0 Å². The second-order valence-corrected chi connectivity index (χ2v) is 7.57. The predicted octanol–water partition coefficient (Wildman–Crippen LogP) is 1.63. The summed E-state index contributed by atoms with van der Waals surface area (Å²) >= 11 is 0. The van der Waals surface area contributed by atoms with E-state index in [1.54, 1.807) is 6.92 Å². The summed E-state index contributed by atoms with van der Waals surface area (Å²) in [6.07, 6.45) is 10.6. The van der Waals surface area contributed by atoms with Crippen LogP contribution in [0.1, 0.15) is 45.4 Å². The molecule has 1 heterocycles. The van der Waals surface area contributed by atoms with E-state index in [9.17, 15) is 14.4 Å². The van der Waals surface area contributed by atoms with Gasteiger partial charge in [0.2, 0.25) is 17.7 Å². The minimum atomic E-state index is -0.693. The quantitative estimate of drug-likeness (QED) is 0.636. The molecule has 0 aromatic heterocycles. The highest BCUT2D eigenvalue weighted by molar-refractivity contribution is 6.09. The van der Waals surface area contributed by atoms with E-state index in [2.05, 4.69) is 17.5 Å². The molecule has 3 fully saturated rings. The number of rotatable bonds is 3. The van der Waals surface area contributed by atoms with Crippen LogP contribution in [0.3, 0.4) is 0 Å². The number of carbonyl (C=O) groups excluding carboxylic acids is 3. The maximum atomic E-state index is 12.7. The van der Waals surface area contributed by atoms with E-state index in [-0.39, 0.29) is 47.4 Å². The number of hydrogen-bond donors (Lipinski definition) is 1. The molecule has 23 heavy (non-hydrogen) atoms. The zero-order valence-corrected chi connectivity index (χ0v) is 13.5. The molecule has 0 radical (unpaired) electrons. The number of nitrogens with one attached hydrogen (secondary N) is 1. The van der Waals surface area contributed by atoms with Crippen molar-refractivity contribution in [1.82, 2.24) is 10.2 Å². The Balaban J connectivity index is 1.46. The molecular weight excluding hydrogens is 292 g/mol. The Bertz CT molecular complexity index is 549. The Morgan fingerprint density at radius 2 is 1.65 bits per heavy atom. The van der Waals surface area contributed by atoms with Gasteiger partial charge in [-0.05, 0) is 38.0 Å². The van der Waals surface area contributed by atoms with Crippen LogP contribution in [0, 0.1) is 23.7 Å². The number of fused-ring (bicyclic) bond motifs is 5. The summed E-state index contributed by atoms with van der Waals surface area (Å²) in [5, 5.41) is 3.04. The van der Waals surface area contributed by atoms with Gasteiger partial charge in [-0.2, -0.15) is 0 Å². The molecule has 4 aliphatic rings. The van der Waals surface area contributed by atoms with Gasteiger partial charge in [0.25, 0.3) is 0 Å². The molecule has 4 rings (SSSR count). The van der Waals surface area contributed by atoms with E-state index in [0.717, 1.165) is 32.1 Å². The van der Waals surface area contributed by atoms with E-state index >= 15 is 0 Å². The fourth-order valence-electron chi connectivity index (χ4n) is 4.99. The largest absolute Gasteiger partial charge is 0.352 e.